The van der Waals surface area contributed by atoms with E-state index in [9.17, 15) is 4.79 Å². The molecule has 0 aliphatic rings. The summed E-state index contributed by atoms with van der Waals surface area (Å²) >= 11 is 0. The standard InChI is InChI=1S/C4H10O3P.Na.H/c1-3-8(6,7)4(2)5;;/h6-7H,3H2,1-2H3;;/q2*+1;-1. The van der Waals surface area contributed by atoms with Crippen molar-refractivity contribution < 1.29 is 45.6 Å². The fourth-order valence-electron chi connectivity index (χ4n) is 0.223. The second-order valence-electron chi connectivity index (χ2n) is 1.57. The van der Waals surface area contributed by atoms with E-state index in [0.29, 0.717) is 0 Å². The van der Waals surface area contributed by atoms with Gasteiger partial charge in [0.1, 0.15) is 6.16 Å². The number of carbonyl (C=O) groups is 1. The molecular weight excluding hydrogens is 150 g/mol. The first-order valence-corrected chi connectivity index (χ1v) is 4.23. The summed E-state index contributed by atoms with van der Waals surface area (Å²) < 4.78 is 0. The SMILES string of the molecule is CC[P+](O)(O)C(C)=O.[H-].[Na+]. The van der Waals surface area contributed by atoms with E-state index < -0.39 is 13.2 Å². The van der Waals surface area contributed by atoms with E-state index in [1.807, 2.05) is 0 Å². The van der Waals surface area contributed by atoms with Gasteiger partial charge in [0.15, 0.2) is 0 Å². The normalized spacial score (nSPS) is 10.2. The van der Waals surface area contributed by atoms with Crippen LogP contribution < -0.4 is 29.6 Å². The van der Waals surface area contributed by atoms with Gasteiger partial charge in [-0.15, -0.1) is 0 Å². The predicted octanol–water partition coefficient (Wildman–Crippen LogP) is -2.50. The van der Waals surface area contributed by atoms with E-state index in [2.05, 4.69) is 0 Å². The molecule has 0 aromatic rings. The first-order valence-electron chi connectivity index (χ1n) is 2.35. The third kappa shape index (κ3) is 4.43. The Hall–Kier alpha value is 1.02. The number of rotatable bonds is 2. The van der Waals surface area contributed by atoms with Gasteiger partial charge in [-0.3, -0.25) is 0 Å². The Labute approximate surface area is 78.7 Å². The van der Waals surface area contributed by atoms with Gasteiger partial charge >= 0.3 is 42.8 Å². The van der Waals surface area contributed by atoms with Crippen molar-refractivity contribution in [2.75, 3.05) is 6.16 Å². The van der Waals surface area contributed by atoms with Gasteiger partial charge in [-0.25, -0.2) is 14.6 Å². The second kappa shape index (κ2) is 4.78. The molecule has 2 N–H and O–H groups in total. The molecule has 0 saturated heterocycles. The minimum atomic E-state index is -3.13. The molecule has 0 aromatic carbocycles. The van der Waals surface area contributed by atoms with Crippen LogP contribution in [0, 0.1) is 0 Å². The van der Waals surface area contributed by atoms with Gasteiger partial charge in [0.25, 0.3) is 0 Å². The van der Waals surface area contributed by atoms with Crippen molar-refractivity contribution in [2.45, 2.75) is 13.8 Å². The maximum Gasteiger partial charge on any atom is 1.00 e. The van der Waals surface area contributed by atoms with Gasteiger partial charge < -0.3 is 1.43 Å². The van der Waals surface area contributed by atoms with Crippen molar-refractivity contribution in [1.29, 1.82) is 0 Å². The zero-order valence-corrected chi connectivity index (χ0v) is 8.85. The predicted molar refractivity (Wildman–Crippen MR) is 33.7 cm³/mol. The summed E-state index contributed by atoms with van der Waals surface area (Å²) in [5.41, 5.74) is -0.500. The molecule has 9 heavy (non-hydrogen) atoms. The van der Waals surface area contributed by atoms with Crippen LogP contribution in [0.25, 0.3) is 0 Å². The van der Waals surface area contributed by atoms with Crippen LogP contribution in [0.1, 0.15) is 15.3 Å². The first kappa shape index (κ1) is 12.7. The molecule has 5 heteroatoms. The summed E-state index contributed by atoms with van der Waals surface area (Å²) in [6.07, 6.45) is 0.155. The molecule has 0 amide bonds. The molecule has 0 aliphatic heterocycles. The molecule has 0 heterocycles. The molecule has 0 saturated carbocycles. The van der Waals surface area contributed by atoms with E-state index in [1.165, 1.54) is 6.92 Å². The molecule has 0 fully saturated rings. The fourth-order valence-corrected chi connectivity index (χ4v) is 0.668. The Bertz CT molecular complexity index is 109. The molecule has 0 aliphatic carbocycles. The molecule has 0 bridgehead atoms. The Morgan fingerprint density at radius 1 is 1.67 bits per heavy atom. The third-order valence-corrected chi connectivity index (χ3v) is 2.84. The van der Waals surface area contributed by atoms with Crippen molar-refractivity contribution in [1.82, 2.24) is 0 Å². The van der Waals surface area contributed by atoms with Gasteiger partial charge in [0.05, 0.1) is 0 Å². The van der Waals surface area contributed by atoms with E-state index in [4.69, 9.17) is 9.79 Å². The van der Waals surface area contributed by atoms with Gasteiger partial charge in [0, 0.05) is 6.92 Å². The van der Waals surface area contributed by atoms with Crippen molar-refractivity contribution in [3.05, 3.63) is 0 Å². The van der Waals surface area contributed by atoms with Crippen molar-refractivity contribution >= 4 is 13.2 Å². The molecule has 0 rings (SSSR count). The summed E-state index contributed by atoms with van der Waals surface area (Å²) in [4.78, 5) is 27.7. The molecule has 50 valence electrons. The van der Waals surface area contributed by atoms with Crippen molar-refractivity contribution in [2.24, 2.45) is 0 Å². The second-order valence-corrected chi connectivity index (χ2v) is 4.29. The summed E-state index contributed by atoms with van der Waals surface area (Å²) in [5.74, 6) is 0. The fraction of sp³-hybridized carbons (Fsp3) is 0.750. The van der Waals surface area contributed by atoms with Crippen LogP contribution in [0.5, 0.6) is 0 Å². The molecule has 0 unspecified atom stereocenters. The zero-order valence-electron chi connectivity index (χ0n) is 6.96. The number of carbonyl (C=O) groups excluding carboxylic acids is 1. The largest absolute Gasteiger partial charge is 1.00 e. The van der Waals surface area contributed by atoms with E-state index in [-0.39, 0.29) is 37.1 Å². The van der Waals surface area contributed by atoms with Crippen LogP contribution in [0.4, 0.5) is 0 Å². The number of hydrogen-bond acceptors (Lipinski definition) is 3. The summed E-state index contributed by atoms with van der Waals surface area (Å²) in [6.45, 7) is 2.77. The molecule has 0 spiro atoms. The van der Waals surface area contributed by atoms with E-state index in [0.717, 1.165) is 0 Å². The van der Waals surface area contributed by atoms with E-state index in [1.54, 1.807) is 6.92 Å². The van der Waals surface area contributed by atoms with Gasteiger partial charge in [-0.1, -0.05) is 0 Å². The monoisotopic (exact) mass is 161 g/mol. The van der Waals surface area contributed by atoms with Crippen LogP contribution in [-0.4, -0.2) is 21.5 Å². The van der Waals surface area contributed by atoms with Crippen LogP contribution in [0.3, 0.4) is 0 Å². The van der Waals surface area contributed by atoms with Crippen molar-refractivity contribution in [3.63, 3.8) is 0 Å². The van der Waals surface area contributed by atoms with E-state index >= 15 is 0 Å². The Balaban J connectivity index is -0.000000245. The minimum Gasteiger partial charge on any atom is -1.00 e. The Kier molecular flexibility index (Phi) is 6.73. The molecule has 0 atom stereocenters. The Morgan fingerprint density at radius 3 is 2.00 bits per heavy atom. The smallest absolute Gasteiger partial charge is 1.00 e. The molecular formula is C4H11NaO3P+. The Morgan fingerprint density at radius 2 is 2.00 bits per heavy atom. The maximum atomic E-state index is 10.2. The quantitative estimate of drug-likeness (QED) is 0.348. The first-order chi connectivity index (χ1) is 3.50. The molecule has 3 nitrogen and oxygen atoms in total. The summed E-state index contributed by atoms with van der Waals surface area (Å²) in [7, 11) is -3.13. The number of hydrogen-bond donors (Lipinski definition) is 2. The maximum absolute atomic E-state index is 10.2. The summed E-state index contributed by atoms with van der Waals surface area (Å²) in [6, 6.07) is 0. The van der Waals surface area contributed by atoms with Crippen molar-refractivity contribution in [3.8, 4) is 0 Å². The third-order valence-electron chi connectivity index (χ3n) is 0.945. The van der Waals surface area contributed by atoms with Gasteiger partial charge in [0.2, 0.25) is 0 Å². The average molecular weight is 161 g/mol. The summed E-state index contributed by atoms with van der Waals surface area (Å²) in [5, 5.41) is 0. The molecule has 0 radical (unpaired) electrons. The topological polar surface area (TPSA) is 57.5 Å². The zero-order chi connectivity index (χ0) is 6.78. The van der Waals surface area contributed by atoms with Crippen LogP contribution in [0.2, 0.25) is 0 Å². The van der Waals surface area contributed by atoms with Gasteiger partial charge in [-0.05, 0) is 6.92 Å². The van der Waals surface area contributed by atoms with Crippen LogP contribution in [-0.2, 0) is 4.79 Å². The van der Waals surface area contributed by atoms with Crippen LogP contribution >= 0.6 is 7.72 Å². The average Bonchev–Trinajstić information content (AvgIpc) is 1.67. The van der Waals surface area contributed by atoms with Crippen LogP contribution in [0.15, 0.2) is 0 Å². The minimum absolute atomic E-state index is 0. The molecule has 0 aromatic heterocycles. The van der Waals surface area contributed by atoms with Gasteiger partial charge in [-0.2, -0.15) is 0 Å².